The van der Waals surface area contributed by atoms with Crippen molar-refractivity contribution in [3.05, 3.63) is 113 Å². The Kier molecular flexibility index (Phi) is 16.3. The van der Waals surface area contributed by atoms with Crippen LogP contribution in [0.5, 0.6) is 5.75 Å². The van der Waals surface area contributed by atoms with Crippen molar-refractivity contribution in [1.82, 2.24) is 14.8 Å². The SMILES string of the molecule is C[C@]12CC[C@@H]3c4ccc(O)cc4C[C@@H](CCCCCCCCC[S+]([O-])CCCC(F)(F)C(F)(F)F)[C@H]3[C@@H]1CC[C@@H]2O.N#Cc1ccc(C(c2ccc(C#N)cc2)n2cncn2)cc1. The molecule has 0 amide bonds. The number of nitrogens with zero attached hydrogens (tertiary/aromatic N) is 5. The lowest BCUT2D eigenvalue weighted by Gasteiger charge is -2.53. The highest BCUT2D eigenvalue weighted by Gasteiger charge is 2.57. The molecule has 0 spiro atoms. The molecule has 0 aliphatic heterocycles. The summed E-state index contributed by atoms with van der Waals surface area (Å²) in [4.78, 5) is 4.01. The maximum Gasteiger partial charge on any atom is 0.453 e. The second-order valence-electron chi connectivity index (χ2n) is 17.9. The molecule has 14 heteroatoms. The molecule has 0 saturated heterocycles. The van der Waals surface area contributed by atoms with Gasteiger partial charge in [0, 0.05) is 6.42 Å². The normalized spacial score (nSPS) is 23.4. The fraction of sp³-hybridized carbons (Fsp3) is 0.551. The number of nitriles is 2. The van der Waals surface area contributed by atoms with Crippen molar-refractivity contribution >= 4 is 11.2 Å². The average molecular weight is 892 g/mol. The predicted octanol–water partition coefficient (Wildman–Crippen LogP) is 11.3. The average Bonchev–Trinajstić information content (AvgIpc) is 3.90. The highest BCUT2D eigenvalue weighted by molar-refractivity contribution is 7.91. The van der Waals surface area contributed by atoms with Crippen molar-refractivity contribution in [3.8, 4) is 17.9 Å². The summed E-state index contributed by atoms with van der Waals surface area (Å²) in [5.74, 6) is -1.91. The smallest absolute Gasteiger partial charge is 0.453 e. The molecule has 7 rings (SSSR count). The van der Waals surface area contributed by atoms with Gasteiger partial charge in [-0.2, -0.15) is 37.6 Å². The number of rotatable bonds is 17. The first-order valence-electron chi connectivity index (χ1n) is 22.3. The monoisotopic (exact) mass is 891 g/mol. The van der Waals surface area contributed by atoms with Gasteiger partial charge in [0.25, 0.3) is 0 Å². The summed E-state index contributed by atoms with van der Waals surface area (Å²) in [5, 5.41) is 43.0. The van der Waals surface area contributed by atoms with Crippen LogP contribution in [0.4, 0.5) is 22.0 Å². The number of aromatic hydroxyl groups is 1. The lowest BCUT2D eigenvalue weighted by atomic mass is 9.52. The first-order chi connectivity index (χ1) is 30.1. The van der Waals surface area contributed by atoms with Gasteiger partial charge in [0.05, 0.1) is 29.4 Å². The van der Waals surface area contributed by atoms with E-state index in [0.717, 1.165) is 88.2 Å². The van der Waals surface area contributed by atoms with E-state index in [9.17, 15) is 36.7 Å². The zero-order valence-electron chi connectivity index (χ0n) is 35.8. The number of hydrogen-bond acceptors (Lipinski definition) is 7. The molecule has 0 radical (unpaired) electrons. The van der Waals surface area contributed by atoms with Crippen LogP contribution in [0.3, 0.4) is 0 Å². The molecule has 1 heterocycles. The van der Waals surface area contributed by atoms with E-state index < -0.39 is 36.1 Å². The summed E-state index contributed by atoms with van der Waals surface area (Å²) in [6.07, 6.45) is 9.11. The maximum absolute atomic E-state index is 13.0. The number of phenolic OH excluding ortho intramolecular Hbond substituents is 1. The second kappa shape index (κ2) is 21.5. The predicted molar refractivity (Wildman–Crippen MR) is 232 cm³/mol. The van der Waals surface area contributed by atoms with Gasteiger partial charge < -0.3 is 14.8 Å². The van der Waals surface area contributed by atoms with Gasteiger partial charge in [0.1, 0.15) is 36.0 Å². The van der Waals surface area contributed by atoms with Crippen molar-refractivity contribution in [1.29, 1.82) is 10.5 Å². The van der Waals surface area contributed by atoms with E-state index in [1.54, 1.807) is 35.3 Å². The molecule has 2 fully saturated rings. The summed E-state index contributed by atoms with van der Waals surface area (Å²) in [6, 6.07) is 24.7. The highest BCUT2D eigenvalue weighted by atomic mass is 32.2. The topological polar surface area (TPSA) is 142 Å². The molecule has 4 aromatic rings. The van der Waals surface area contributed by atoms with E-state index in [1.807, 2.05) is 36.4 Å². The number of aromatic nitrogens is 3. The number of phenols is 1. The fourth-order valence-electron chi connectivity index (χ4n) is 10.6. The van der Waals surface area contributed by atoms with Crippen LogP contribution in [0.15, 0.2) is 79.4 Å². The van der Waals surface area contributed by atoms with Crippen molar-refractivity contribution in [2.45, 2.75) is 133 Å². The number of fused-ring (bicyclic) bond motifs is 5. The number of benzene rings is 3. The van der Waals surface area contributed by atoms with Gasteiger partial charge >= 0.3 is 12.1 Å². The summed E-state index contributed by atoms with van der Waals surface area (Å²) in [7, 11) is 0. The third-order valence-electron chi connectivity index (χ3n) is 14.0. The molecule has 2 saturated carbocycles. The summed E-state index contributed by atoms with van der Waals surface area (Å²) in [5.41, 5.74) is 5.94. The molecule has 63 heavy (non-hydrogen) atoms. The van der Waals surface area contributed by atoms with Crippen LogP contribution in [-0.4, -0.2) is 59.2 Å². The molecule has 0 bridgehead atoms. The quantitative estimate of drug-likeness (QED) is 0.0610. The Morgan fingerprint density at radius 2 is 1.44 bits per heavy atom. The molecular formula is C49H58F5N5O3S. The second-order valence-corrected chi connectivity index (χ2v) is 19.6. The Labute approximate surface area is 370 Å². The number of aliphatic hydroxyl groups is 1. The van der Waals surface area contributed by atoms with Crippen LogP contribution in [0.25, 0.3) is 0 Å². The van der Waals surface area contributed by atoms with E-state index in [4.69, 9.17) is 10.5 Å². The first-order valence-corrected chi connectivity index (χ1v) is 23.8. The van der Waals surface area contributed by atoms with Crippen molar-refractivity contribution in [2.24, 2.45) is 23.2 Å². The molecule has 3 aromatic carbocycles. The van der Waals surface area contributed by atoms with E-state index in [2.05, 4.69) is 35.2 Å². The molecule has 7 atom stereocenters. The van der Waals surface area contributed by atoms with Crippen LogP contribution in [0.2, 0.25) is 0 Å². The van der Waals surface area contributed by atoms with Gasteiger partial charge in [0.15, 0.2) is 0 Å². The van der Waals surface area contributed by atoms with Crippen molar-refractivity contribution in [2.75, 3.05) is 11.5 Å². The van der Waals surface area contributed by atoms with Crippen LogP contribution >= 0.6 is 0 Å². The Morgan fingerprint density at radius 1 is 0.841 bits per heavy atom. The minimum absolute atomic E-state index is 0.0195. The Hall–Kier alpha value is -4.50. The van der Waals surface area contributed by atoms with Crippen LogP contribution < -0.4 is 0 Å². The zero-order chi connectivity index (χ0) is 45.2. The van der Waals surface area contributed by atoms with E-state index in [1.165, 1.54) is 17.5 Å². The maximum atomic E-state index is 13.0. The largest absolute Gasteiger partial charge is 0.616 e. The zero-order valence-corrected chi connectivity index (χ0v) is 36.6. The molecular weight excluding hydrogens is 834 g/mol. The number of alkyl halides is 5. The minimum atomic E-state index is -5.54. The fourth-order valence-corrected chi connectivity index (χ4v) is 11.8. The number of aliphatic hydroxyl groups excluding tert-OH is 1. The van der Waals surface area contributed by atoms with Crippen LogP contribution in [0, 0.1) is 45.8 Å². The summed E-state index contributed by atoms with van der Waals surface area (Å²) in [6.45, 7) is 2.30. The molecule has 8 nitrogen and oxygen atoms in total. The molecule has 338 valence electrons. The van der Waals surface area contributed by atoms with Gasteiger partial charge in [-0.25, -0.2) is 9.67 Å². The summed E-state index contributed by atoms with van der Waals surface area (Å²) >= 11 is -1.35. The Balaban J connectivity index is 0.000000251. The third-order valence-corrected chi connectivity index (χ3v) is 15.5. The van der Waals surface area contributed by atoms with Gasteiger partial charge in [-0.15, -0.1) is 0 Å². The van der Waals surface area contributed by atoms with Gasteiger partial charge in [-0.1, -0.05) is 80.5 Å². The number of halogens is 5. The van der Waals surface area contributed by atoms with Gasteiger partial charge in [-0.05, 0) is 146 Å². The van der Waals surface area contributed by atoms with Crippen LogP contribution in [-0.2, 0) is 17.6 Å². The highest BCUT2D eigenvalue weighted by Crippen LogP contribution is 2.62. The molecule has 3 aliphatic carbocycles. The molecule has 3 aliphatic rings. The standard InChI is InChI=1S/C32H47F5O3S.C17H11N5/c1-30-17-15-26-25-12-11-24(38)21-23(25)20-22(29(26)27(30)13-14-28(30)39)10-7-5-3-2-4-6-8-18-41(40)19-9-16-31(33,34)32(35,36)37;18-9-13-1-5-15(6-2-13)17(22-12-20-11-21-22)16-7-3-14(10-19)4-8-16/h11-12,21-22,26-29,38-39H,2-10,13-20H2,1H3;1-8,11-12,17H/t22-,26-,27+,28+,29-,30+,41?;/m1./s1. The third kappa shape index (κ3) is 11.8. The van der Waals surface area contributed by atoms with Gasteiger partial charge in [0.2, 0.25) is 0 Å². The Bertz CT molecular complexity index is 2080. The molecule has 2 N–H and O–H groups in total. The summed E-state index contributed by atoms with van der Waals surface area (Å²) < 4.78 is 76.3. The van der Waals surface area contributed by atoms with Gasteiger partial charge in [-0.3, -0.25) is 0 Å². The lowest BCUT2D eigenvalue weighted by molar-refractivity contribution is -0.284. The molecule has 1 aromatic heterocycles. The lowest BCUT2D eigenvalue weighted by Crippen LogP contribution is -2.47. The van der Waals surface area contributed by atoms with Crippen molar-refractivity contribution < 1.29 is 36.7 Å². The van der Waals surface area contributed by atoms with E-state index >= 15 is 0 Å². The number of unbranched alkanes of at least 4 members (excludes halogenated alkanes) is 6. The minimum Gasteiger partial charge on any atom is -0.616 e. The Morgan fingerprint density at radius 3 is 2.03 bits per heavy atom. The first kappa shape index (κ1) is 48.0. The number of hydrogen-bond donors (Lipinski definition) is 2. The van der Waals surface area contributed by atoms with Crippen molar-refractivity contribution in [3.63, 3.8) is 0 Å². The van der Waals surface area contributed by atoms with E-state index in [0.29, 0.717) is 52.7 Å². The molecule has 1 unspecified atom stereocenters. The van der Waals surface area contributed by atoms with Crippen LogP contribution in [0.1, 0.15) is 142 Å². The van der Waals surface area contributed by atoms with E-state index in [-0.39, 0.29) is 23.3 Å².